The average Bonchev–Trinajstić information content (AvgIpc) is 2.59. The minimum atomic E-state index is -0.0988. The summed E-state index contributed by atoms with van der Waals surface area (Å²) in [6.45, 7) is 1.38. The largest absolute Gasteiger partial charge is 0.380 e. The van der Waals surface area contributed by atoms with Gasteiger partial charge in [-0.1, -0.05) is 12.1 Å². The lowest BCUT2D eigenvalue weighted by Crippen LogP contribution is -2.44. The summed E-state index contributed by atoms with van der Waals surface area (Å²) in [6, 6.07) is 7.57. The number of urea groups is 1. The van der Waals surface area contributed by atoms with Gasteiger partial charge < -0.3 is 19.9 Å². The molecule has 1 heterocycles. The molecule has 0 radical (unpaired) electrons. The Bertz CT molecular complexity index is 574. The molecule has 0 spiro atoms. The minimum Gasteiger partial charge on any atom is -0.380 e. The number of carbonyl (C=O) groups is 2. The number of methoxy groups -OCH3 is 1. The molecule has 0 aliphatic carbocycles. The molecule has 1 atom stereocenters. The number of anilines is 1. The van der Waals surface area contributed by atoms with Crippen LogP contribution in [0, 0.1) is 0 Å². The van der Waals surface area contributed by atoms with Gasteiger partial charge in [0.15, 0.2) is 0 Å². The molecule has 6 nitrogen and oxygen atoms in total. The summed E-state index contributed by atoms with van der Waals surface area (Å²) in [5.74, 6) is 0.100. The lowest BCUT2D eigenvalue weighted by atomic mass is 10.1. The van der Waals surface area contributed by atoms with E-state index in [4.69, 9.17) is 4.74 Å². The number of nitrogens with zero attached hydrogens (tertiary/aromatic N) is 2. The molecule has 1 aromatic rings. The fourth-order valence-electron chi connectivity index (χ4n) is 2.80. The number of aryl methyl sites for hydroxylation is 1. The topological polar surface area (TPSA) is 61.9 Å². The van der Waals surface area contributed by atoms with E-state index in [2.05, 4.69) is 5.32 Å². The number of hydrogen-bond donors (Lipinski definition) is 1. The van der Waals surface area contributed by atoms with E-state index in [1.165, 1.54) is 0 Å². The van der Waals surface area contributed by atoms with Crippen LogP contribution in [0.1, 0.15) is 24.8 Å². The van der Waals surface area contributed by atoms with E-state index < -0.39 is 0 Å². The van der Waals surface area contributed by atoms with Crippen LogP contribution < -0.4 is 5.32 Å². The number of hydrogen-bond acceptors (Lipinski definition) is 3. The molecule has 0 bridgehead atoms. The molecule has 132 valence electrons. The van der Waals surface area contributed by atoms with Gasteiger partial charge in [-0.2, -0.15) is 0 Å². The van der Waals surface area contributed by atoms with Crippen molar-refractivity contribution in [2.24, 2.45) is 0 Å². The smallest absolute Gasteiger partial charge is 0.321 e. The number of nitrogens with one attached hydrogen (secondary N) is 1. The lowest BCUT2D eigenvalue weighted by molar-refractivity contribution is -0.128. The van der Waals surface area contributed by atoms with Crippen molar-refractivity contribution in [3.05, 3.63) is 29.8 Å². The number of amides is 3. The van der Waals surface area contributed by atoms with Crippen LogP contribution in [0.5, 0.6) is 0 Å². The summed E-state index contributed by atoms with van der Waals surface area (Å²) in [5, 5.41) is 2.94. The summed E-state index contributed by atoms with van der Waals surface area (Å²) in [6.07, 6.45) is 3.20. The van der Waals surface area contributed by atoms with E-state index >= 15 is 0 Å². The number of rotatable bonds is 5. The van der Waals surface area contributed by atoms with Crippen LogP contribution in [-0.2, 0) is 16.0 Å². The summed E-state index contributed by atoms with van der Waals surface area (Å²) in [5.41, 5.74) is 1.80. The summed E-state index contributed by atoms with van der Waals surface area (Å²) in [7, 11) is 5.19. The second-order valence-corrected chi connectivity index (χ2v) is 6.36. The number of likely N-dealkylation sites (tertiary alicyclic amines) is 1. The Labute approximate surface area is 143 Å². The maximum Gasteiger partial charge on any atom is 0.321 e. The Kier molecular flexibility index (Phi) is 6.61. The fraction of sp³-hybridized carbons (Fsp3) is 0.556. The molecule has 1 aliphatic rings. The van der Waals surface area contributed by atoms with Gasteiger partial charge in [-0.05, 0) is 37.0 Å². The van der Waals surface area contributed by atoms with Crippen molar-refractivity contribution in [1.82, 2.24) is 9.80 Å². The molecular formula is C18H27N3O3. The van der Waals surface area contributed by atoms with Gasteiger partial charge in [0.2, 0.25) is 5.91 Å². The van der Waals surface area contributed by atoms with Crippen LogP contribution in [0.25, 0.3) is 0 Å². The maximum absolute atomic E-state index is 12.4. The van der Waals surface area contributed by atoms with Gasteiger partial charge in [0.05, 0.1) is 6.10 Å². The van der Waals surface area contributed by atoms with Crippen molar-refractivity contribution in [2.45, 2.75) is 31.8 Å². The third-order valence-electron chi connectivity index (χ3n) is 4.30. The molecule has 1 saturated heterocycles. The molecule has 24 heavy (non-hydrogen) atoms. The van der Waals surface area contributed by atoms with Crippen molar-refractivity contribution in [3.63, 3.8) is 0 Å². The Hall–Kier alpha value is -2.08. The Balaban J connectivity index is 1.91. The quantitative estimate of drug-likeness (QED) is 0.900. The lowest BCUT2D eigenvalue weighted by Gasteiger charge is -2.31. The molecular weight excluding hydrogens is 306 g/mol. The number of benzene rings is 1. The van der Waals surface area contributed by atoms with Gasteiger partial charge in [-0.15, -0.1) is 0 Å². The van der Waals surface area contributed by atoms with Crippen molar-refractivity contribution in [3.8, 4) is 0 Å². The fourth-order valence-corrected chi connectivity index (χ4v) is 2.80. The number of ether oxygens (including phenoxy) is 1. The second-order valence-electron chi connectivity index (χ2n) is 6.36. The van der Waals surface area contributed by atoms with E-state index in [1.807, 2.05) is 24.3 Å². The molecule has 3 amide bonds. The highest BCUT2D eigenvalue weighted by Crippen LogP contribution is 2.16. The first-order valence-electron chi connectivity index (χ1n) is 8.37. The van der Waals surface area contributed by atoms with Crippen molar-refractivity contribution < 1.29 is 14.3 Å². The SMILES string of the molecule is CO[C@@H]1CCCN(C(=O)Nc2cccc(CCC(=O)N(C)C)c2)C1. The van der Waals surface area contributed by atoms with Gasteiger partial charge in [0.25, 0.3) is 0 Å². The molecule has 1 aliphatic heterocycles. The van der Waals surface area contributed by atoms with Gasteiger partial charge >= 0.3 is 6.03 Å². The molecule has 6 heteroatoms. The molecule has 0 saturated carbocycles. The third-order valence-corrected chi connectivity index (χ3v) is 4.30. The molecule has 2 rings (SSSR count). The summed E-state index contributed by atoms with van der Waals surface area (Å²) >= 11 is 0. The van der Waals surface area contributed by atoms with E-state index in [0.29, 0.717) is 19.4 Å². The monoisotopic (exact) mass is 333 g/mol. The van der Waals surface area contributed by atoms with Crippen LogP contribution in [0.2, 0.25) is 0 Å². The Morgan fingerprint density at radius 1 is 1.38 bits per heavy atom. The predicted molar refractivity (Wildman–Crippen MR) is 94.1 cm³/mol. The van der Waals surface area contributed by atoms with Crippen LogP contribution >= 0.6 is 0 Å². The highest BCUT2D eigenvalue weighted by Gasteiger charge is 2.23. The van der Waals surface area contributed by atoms with Gasteiger partial charge in [0, 0.05) is 46.4 Å². The van der Waals surface area contributed by atoms with E-state index in [1.54, 1.807) is 31.0 Å². The zero-order valence-corrected chi connectivity index (χ0v) is 14.7. The van der Waals surface area contributed by atoms with Crippen molar-refractivity contribution >= 4 is 17.6 Å². The number of piperidine rings is 1. The van der Waals surface area contributed by atoms with Gasteiger partial charge in [-0.25, -0.2) is 4.79 Å². The molecule has 0 unspecified atom stereocenters. The first kappa shape index (κ1) is 18.3. The third kappa shape index (κ3) is 5.23. The zero-order chi connectivity index (χ0) is 17.5. The molecule has 1 aromatic carbocycles. The van der Waals surface area contributed by atoms with Gasteiger partial charge in [0.1, 0.15) is 0 Å². The standard InChI is InChI=1S/C18H27N3O3/c1-20(2)17(22)10-9-14-6-4-7-15(12-14)19-18(23)21-11-5-8-16(13-21)24-3/h4,6-7,12,16H,5,8-11,13H2,1-3H3,(H,19,23)/t16-/m1/s1. The number of carbonyl (C=O) groups excluding carboxylic acids is 2. The van der Waals surface area contributed by atoms with Gasteiger partial charge in [-0.3, -0.25) is 4.79 Å². The van der Waals surface area contributed by atoms with Crippen LogP contribution in [0.3, 0.4) is 0 Å². The normalized spacial score (nSPS) is 17.5. The van der Waals surface area contributed by atoms with Crippen molar-refractivity contribution in [1.29, 1.82) is 0 Å². The Morgan fingerprint density at radius 3 is 2.88 bits per heavy atom. The summed E-state index contributed by atoms with van der Waals surface area (Å²) in [4.78, 5) is 27.5. The highest BCUT2D eigenvalue weighted by molar-refractivity contribution is 5.89. The maximum atomic E-state index is 12.4. The van der Waals surface area contributed by atoms with Crippen molar-refractivity contribution in [2.75, 3.05) is 39.6 Å². The molecule has 1 fully saturated rings. The minimum absolute atomic E-state index is 0.0988. The Morgan fingerprint density at radius 2 is 2.17 bits per heavy atom. The zero-order valence-electron chi connectivity index (χ0n) is 14.7. The van der Waals surface area contributed by atoms with Crippen LogP contribution in [0.15, 0.2) is 24.3 Å². The first-order chi connectivity index (χ1) is 11.5. The summed E-state index contributed by atoms with van der Waals surface area (Å²) < 4.78 is 5.36. The van der Waals surface area contributed by atoms with E-state index in [-0.39, 0.29) is 18.0 Å². The van der Waals surface area contributed by atoms with Crippen LogP contribution in [0.4, 0.5) is 10.5 Å². The highest BCUT2D eigenvalue weighted by atomic mass is 16.5. The predicted octanol–water partition coefficient (Wildman–Crippen LogP) is 2.35. The molecule has 1 N–H and O–H groups in total. The second kappa shape index (κ2) is 8.68. The average molecular weight is 333 g/mol. The first-order valence-corrected chi connectivity index (χ1v) is 8.37. The van der Waals surface area contributed by atoms with E-state index in [9.17, 15) is 9.59 Å². The van der Waals surface area contributed by atoms with E-state index in [0.717, 1.165) is 30.6 Å². The molecule has 0 aromatic heterocycles. The van der Waals surface area contributed by atoms with Crippen LogP contribution in [-0.4, -0.2) is 62.1 Å².